The van der Waals surface area contributed by atoms with Crippen molar-refractivity contribution in [3.63, 3.8) is 0 Å². The molecule has 27 heavy (non-hydrogen) atoms. The lowest BCUT2D eigenvalue weighted by Crippen LogP contribution is -2.50. The van der Waals surface area contributed by atoms with Gasteiger partial charge in [-0.2, -0.15) is 0 Å². The first-order valence-corrected chi connectivity index (χ1v) is 10.4. The summed E-state index contributed by atoms with van der Waals surface area (Å²) in [6, 6.07) is 14.5. The van der Waals surface area contributed by atoms with Crippen LogP contribution in [0.3, 0.4) is 0 Å². The first kappa shape index (κ1) is 19.5. The fourth-order valence-electron chi connectivity index (χ4n) is 2.98. The molecule has 144 valence electrons. The molecule has 7 heteroatoms. The van der Waals surface area contributed by atoms with Crippen molar-refractivity contribution >= 4 is 21.6 Å². The molecule has 1 aliphatic heterocycles. The van der Waals surface area contributed by atoms with Crippen molar-refractivity contribution in [2.75, 3.05) is 24.6 Å². The van der Waals surface area contributed by atoms with Gasteiger partial charge in [-0.1, -0.05) is 31.2 Å². The van der Waals surface area contributed by atoms with Gasteiger partial charge in [-0.3, -0.25) is 4.79 Å². The molecule has 0 radical (unpaired) electrons. The minimum absolute atomic E-state index is 0.0631. The molecule has 2 aromatic rings. The Kier molecular flexibility index (Phi) is 5.94. The maximum atomic E-state index is 12.5. The number of anilines is 1. The third-order valence-electron chi connectivity index (χ3n) is 4.59. The second kappa shape index (κ2) is 8.21. The number of benzene rings is 2. The van der Waals surface area contributed by atoms with Gasteiger partial charge in [0.05, 0.1) is 17.5 Å². The Balaban J connectivity index is 1.66. The number of nitrogens with zero attached hydrogens (tertiary/aromatic N) is 1. The number of rotatable bonds is 6. The highest BCUT2D eigenvalue weighted by Crippen LogP contribution is 2.20. The van der Waals surface area contributed by atoms with Gasteiger partial charge in [0, 0.05) is 12.2 Å². The van der Waals surface area contributed by atoms with E-state index in [-0.39, 0.29) is 24.0 Å². The standard InChI is InChI=1S/C20H24N2O4S/c1-3-16-7-9-17(10-8-16)22-13-18(26-14-20(22)23)12-21-27(24,25)19-6-4-5-15(2)11-19/h4-11,18,21H,3,12-14H2,1-2H3. The first-order valence-electron chi connectivity index (χ1n) is 8.96. The van der Waals surface area contributed by atoms with Gasteiger partial charge in [0.1, 0.15) is 6.61 Å². The molecule has 0 saturated carbocycles. The van der Waals surface area contributed by atoms with Crippen LogP contribution in [0, 0.1) is 6.92 Å². The summed E-state index contributed by atoms with van der Waals surface area (Å²) in [6.07, 6.45) is 0.522. The number of morpholine rings is 1. The van der Waals surface area contributed by atoms with Crippen LogP contribution < -0.4 is 9.62 Å². The molecule has 1 aliphatic rings. The number of aryl methyl sites for hydroxylation is 2. The highest BCUT2D eigenvalue weighted by Gasteiger charge is 2.28. The third-order valence-corrected chi connectivity index (χ3v) is 6.01. The molecule has 0 spiro atoms. The van der Waals surface area contributed by atoms with E-state index < -0.39 is 16.1 Å². The Morgan fingerprint density at radius 1 is 1.19 bits per heavy atom. The average molecular weight is 388 g/mol. The van der Waals surface area contributed by atoms with Crippen molar-refractivity contribution in [3.8, 4) is 0 Å². The van der Waals surface area contributed by atoms with Gasteiger partial charge in [0.2, 0.25) is 10.0 Å². The number of amides is 1. The topological polar surface area (TPSA) is 75.7 Å². The lowest BCUT2D eigenvalue weighted by atomic mass is 10.1. The van der Waals surface area contributed by atoms with Crippen LogP contribution in [0.5, 0.6) is 0 Å². The van der Waals surface area contributed by atoms with Crippen molar-refractivity contribution in [2.45, 2.75) is 31.3 Å². The zero-order chi connectivity index (χ0) is 19.4. The van der Waals surface area contributed by atoms with E-state index in [0.717, 1.165) is 17.7 Å². The molecule has 1 atom stereocenters. The summed E-state index contributed by atoms with van der Waals surface area (Å²) >= 11 is 0. The van der Waals surface area contributed by atoms with Gasteiger partial charge in [0.25, 0.3) is 5.91 Å². The molecule has 1 unspecified atom stereocenters. The molecular formula is C20H24N2O4S. The van der Waals surface area contributed by atoms with E-state index in [4.69, 9.17) is 4.74 Å². The number of hydrogen-bond acceptors (Lipinski definition) is 4. The number of sulfonamides is 1. The van der Waals surface area contributed by atoms with Crippen LogP contribution in [0.25, 0.3) is 0 Å². The lowest BCUT2D eigenvalue weighted by molar-refractivity contribution is -0.129. The average Bonchev–Trinajstić information content (AvgIpc) is 2.67. The first-order chi connectivity index (χ1) is 12.9. The van der Waals surface area contributed by atoms with E-state index in [1.54, 1.807) is 23.1 Å². The maximum absolute atomic E-state index is 12.5. The number of carbonyl (C=O) groups is 1. The molecule has 0 aromatic heterocycles. The predicted octanol–water partition coefficient (Wildman–Crippen LogP) is 2.27. The van der Waals surface area contributed by atoms with E-state index in [2.05, 4.69) is 11.6 Å². The molecule has 6 nitrogen and oxygen atoms in total. The minimum atomic E-state index is -3.62. The van der Waals surface area contributed by atoms with Crippen LogP contribution in [-0.4, -0.2) is 40.1 Å². The van der Waals surface area contributed by atoms with Gasteiger partial charge in [-0.15, -0.1) is 0 Å². The van der Waals surface area contributed by atoms with Gasteiger partial charge in [0.15, 0.2) is 0 Å². The van der Waals surface area contributed by atoms with E-state index in [1.165, 1.54) is 5.56 Å². The number of hydrogen-bond donors (Lipinski definition) is 1. The van der Waals surface area contributed by atoms with Crippen molar-refractivity contribution < 1.29 is 17.9 Å². The molecule has 1 N–H and O–H groups in total. The van der Waals surface area contributed by atoms with Gasteiger partial charge < -0.3 is 9.64 Å². The molecule has 1 fully saturated rings. The summed E-state index contributed by atoms with van der Waals surface area (Å²) < 4.78 is 33.0. The second-order valence-corrected chi connectivity index (χ2v) is 8.39. The SMILES string of the molecule is CCc1ccc(N2CC(CNS(=O)(=O)c3cccc(C)c3)OCC2=O)cc1. The summed E-state index contributed by atoms with van der Waals surface area (Å²) in [7, 11) is -3.62. The van der Waals surface area contributed by atoms with Crippen LogP contribution in [0.2, 0.25) is 0 Å². The van der Waals surface area contributed by atoms with Crippen LogP contribution in [0.15, 0.2) is 53.4 Å². The van der Waals surface area contributed by atoms with Gasteiger partial charge >= 0.3 is 0 Å². The molecular weight excluding hydrogens is 364 g/mol. The molecule has 3 rings (SSSR count). The fourth-order valence-corrected chi connectivity index (χ4v) is 4.15. The highest BCUT2D eigenvalue weighted by atomic mass is 32.2. The van der Waals surface area contributed by atoms with Crippen LogP contribution in [0.4, 0.5) is 5.69 Å². The smallest absolute Gasteiger partial charge is 0.253 e. The van der Waals surface area contributed by atoms with Gasteiger partial charge in [-0.05, 0) is 48.7 Å². The van der Waals surface area contributed by atoms with E-state index >= 15 is 0 Å². The fraction of sp³-hybridized carbons (Fsp3) is 0.350. The Bertz CT molecular complexity index is 910. The largest absolute Gasteiger partial charge is 0.365 e. The Morgan fingerprint density at radius 2 is 1.93 bits per heavy atom. The van der Waals surface area contributed by atoms with E-state index in [9.17, 15) is 13.2 Å². The number of carbonyl (C=O) groups excluding carboxylic acids is 1. The summed E-state index contributed by atoms with van der Waals surface area (Å²) in [6.45, 7) is 4.27. The monoisotopic (exact) mass is 388 g/mol. The normalized spacial score (nSPS) is 17.9. The minimum Gasteiger partial charge on any atom is -0.365 e. The molecule has 1 heterocycles. The van der Waals surface area contributed by atoms with E-state index in [1.807, 2.05) is 37.3 Å². The van der Waals surface area contributed by atoms with Crippen molar-refractivity contribution in [3.05, 3.63) is 59.7 Å². The van der Waals surface area contributed by atoms with Gasteiger partial charge in [-0.25, -0.2) is 13.1 Å². The van der Waals surface area contributed by atoms with Crippen LogP contribution in [0.1, 0.15) is 18.1 Å². The maximum Gasteiger partial charge on any atom is 0.253 e. The summed E-state index contributed by atoms with van der Waals surface area (Å²) in [4.78, 5) is 14.1. The molecule has 0 bridgehead atoms. The van der Waals surface area contributed by atoms with Crippen LogP contribution >= 0.6 is 0 Å². The number of ether oxygens (including phenoxy) is 1. The highest BCUT2D eigenvalue weighted by molar-refractivity contribution is 7.89. The molecule has 1 amide bonds. The Morgan fingerprint density at radius 3 is 2.59 bits per heavy atom. The molecule has 1 saturated heterocycles. The van der Waals surface area contributed by atoms with E-state index in [0.29, 0.717) is 6.54 Å². The third kappa shape index (κ3) is 4.74. The number of nitrogens with one attached hydrogen (secondary N) is 1. The predicted molar refractivity (Wildman–Crippen MR) is 104 cm³/mol. The summed E-state index contributed by atoms with van der Waals surface area (Å²) in [5.41, 5.74) is 2.87. The molecule has 2 aromatic carbocycles. The molecule has 0 aliphatic carbocycles. The van der Waals surface area contributed by atoms with Crippen molar-refractivity contribution in [1.29, 1.82) is 0 Å². The zero-order valence-electron chi connectivity index (χ0n) is 15.5. The summed E-state index contributed by atoms with van der Waals surface area (Å²) in [5.74, 6) is -0.128. The van der Waals surface area contributed by atoms with Crippen molar-refractivity contribution in [1.82, 2.24) is 4.72 Å². The zero-order valence-corrected chi connectivity index (χ0v) is 16.3. The van der Waals surface area contributed by atoms with Crippen molar-refractivity contribution in [2.24, 2.45) is 0 Å². The van der Waals surface area contributed by atoms with Crippen LogP contribution in [-0.2, 0) is 26.0 Å². The quantitative estimate of drug-likeness (QED) is 0.824. The summed E-state index contributed by atoms with van der Waals surface area (Å²) in [5, 5.41) is 0. The Labute approximate surface area is 160 Å². The second-order valence-electron chi connectivity index (χ2n) is 6.63. The lowest BCUT2D eigenvalue weighted by Gasteiger charge is -2.33. The Hall–Kier alpha value is -2.22.